The van der Waals surface area contributed by atoms with E-state index in [1.807, 2.05) is 0 Å². The molecule has 4 aliphatic rings. The molecule has 4 rings (SSSR count). The first-order valence-electron chi connectivity index (χ1n) is 9.38. The molecule has 0 aromatic heterocycles. The van der Waals surface area contributed by atoms with Gasteiger partial charge in [-0.05, 0) is 82.7 Å². The molecular weight excluding hydrogens is 244 g/mol. The fraction of sp³-hybridized carbons (Fsp3) is 1.00. The number of hydrogen-bond acceptors (Lipinski definition) is 2. The highest BCUT2D eigenvalue weighted by atomic mass is 15.2. The largest absolute Gasteiger partial charge is 0.311 e. The van der Waals surface area contributed by atoms with Crippen molar-refractivity contribution >= 4 is 0 Å². The van der Waals surface area contributed by atoms with E-state index in [0.717, 1.165) is 30.0 Å². The van der Waals surface area contributed by atoms with Gasteiger partial charge >= 0.3 is 0 Å². The average Bonchev–Trinajstić information content (AvgIpc) is 2.84. The number of hydrogen-bond donors (Lipinski definition) is 1. The van der Waals surface area contributed by atoms with Crippen LogP contribution in [0, 0.1) is 11.8 Å². The van der Waals surface area contributed by atoms with E-state index < -0.39 is 0 Å². The maximum absolute atomic E-state index is 3.79. The third-order valence-corrected chi connectivity index (χ3v) is 6.75. The molecule has 4 fully saturated rings. The van der Waals surface area contributed by atoms with Gasteiger partial charge in [0.15, 0.2) is 0 Å². The minimum atomic E-state index is 0.877. The predicted molar refractivity (Wildman–Crippen MR) is 83.8 cm³/mol. The quantitative estimate of drug-likeness (QED) is 0.848. The van der Waals surface area contributed by atoms with Gasteiger partial charge in [-0.25, -0.2) is 0 Å². The van der Waals surface area contributed by atoms with E-state index in [-0.39, 0.29) is 0 Å². The Morgan fingerprint density at radius 2 is 1.60 bits per heavy atom. The van der Waals surface area contributed by atoms with Crippen LogP contribution in [-0.4, -0.2) is 36.1 Å². The minimum Gasteiger partial charge on any atom is -0.311 e. The van der Waals surface area contributed by atoms with E-state index in [9.17, 15) is 0 Å². The van der Waals surface area contributed by atoms with Gasteiger partial charge in [-0.1, -0.05) is 12.8 Å². The molecule has 3 saturated heterocycles. The molecule has 1 saturated carbocycles. The first-order valence-corrected chi connectivity index (χ1v) is 9.38. The Bertz CT molecular complexity index is 315. The summed E-state index contributed by atoms with van der Waals surface area (Å²) in [4.78, 5) is 2.90. The summed E-state index contributed by atoms with van der Waals surface area (Å²) in [6.45, 7) is 2.81. The lowest BCUT2D eigenvalue weighted by atomic mass is 9.78. The molecule has 2 bridgehead atoms. The van der Waals surface area contributed by atoms with Crippen LogP contribution in [0.1, 0.15) is 70.6 Å². The zero-order valence-corrected chi connectivity index (χ0v) is 13.0. The number of fused-ring (bicyclic) bond motifs is 3. The smallest absolute Gasteiger partial charge is 0.0123 e. The first-order chi connectivity index (χ1) is 9.88. The third-order valence-electron chi connectivity index (χ3n) is 6.75. The van der Waals surface area contributed by atoms with Crippen LogP contribution in [0.25, 0.3) is 0 Å². The lowest BCUT2D eigenvalue weighted by Gasteiger charge is -2.45. The number of likely N-dealkylation sites (tertiary alicyclic amines) is 1. The minimum absolute atomic E-state index is 0.877. The van der Waals surface area contributed by atoms with Crippen LogP contribution in [0.5, 0.6) is 0 Å². The van der Waals surface area contributed by atoms with Crippen molar-refractivity contribution in [1.82, 2.24) is 10.2 Å². The normalized spacial score (nSPS) is 45.3. The number of nitrogens with one attached hydrogen (secondary N) is 1. The van der Waals surface area contributed by atoms with Gasteiger partial charge in [-0.15, -0.1) is 0 Å². The van der Waals surface area contributed by atoms with Gasteiger partial charge in [-0.2, -0.15) is 0 Å². The summed E-state index contributed by atoms with van der Waals surface area (Å²) in [5.41, 5.74) is 0. The molecule has 2 nitrogen and oxygen atoms in total. The molecule has 3 heterocycles. The molecule has 0 aromatic carbocycles. The van der Waals surface area contributed by atoms with Gasteiger partial charge in [0.2, 0.25) is 0 Å². The molecule has 2 heteroatoms. The van der Waals surface area contributed by atoms with Crippen LogP contribution in [0.4, 0.5) is 0 Å². The second kappa shape index (κ2) is 5.96. The Hall–Kier alpha value is -0.0800. The van der Waals surface area contributed by atoms with Crippen molar-refractivity contribution in [2.24, 2.45) is 11.8 Å². The highest BCUT2D eigenvalue weighted by Gasteiger charge is 2.35. The number of nitrogens with zero attached hydrogens (tertiary/aromatic N) is 1. The summed E-state index contributed by atoms with van der Waals surface area (Å²) < 4.78 is 0. The second-order valence-electron chi connectivity index (χ2n) is 8.05. The molecule has 0 aromatic rings. The lowest BCUT2D eigenvalue weighted by molar-refractivity contribution is 0.0540. The van der Waals surface area contributed by atoms with Gasteiger partial charge in [-0.3, -0.25) is 0 Å². The molecule has 3 aliphatic heterocycles. The van der Waals surface area contributed by atoms with Gasteiger partial charge < -0.3 is 10.2 Å². The molecular formula is C18H32N2. The fourth-order valence-corrected chi connectivity index (χ4v) is 5.76. The highest BCUT2D eigenvalue weighted by Crippen LogP contribution is 2.37. The van der Waals surface area contributed by atoms with E-state index in [1.54, 1.807) is 0 Å². The van der Waals surface area contributed by atoms with Crippen LogP contribution in [0.2, 0.25) is 0 Å². The molecule has 1 aliphatic carbocycles. The Morgan fingerprint density at radius 3 is 2.45 bits per heavy atom. The van der Waals surface area contributed by atoms with Crippen LogP contribution in [0.15, 0.2) is 0 Å². The zero-order valence-electron chi connectivity index (χ0n) is 13.0. The highest BCUT2D eigenvalue weighted by molar-refractivity contribution is 4.93. The summed E-state index contributed by atoms with van der Waals surface area (Å²) in [7, 11) is 0. The van der Waals surface area contributed by atoms with Crippen molar-refractivity contribution in [3.05, 3.63) is 0 Å². The molecule has 4 atom stereocenters. The van der Waals surface area contributed by atoms with Gasteiger partial charge in [0.05, 0.1) is 0 Å². The standard InChI is InChI=1S/C18H32N2/c1-2-6-18-15(4-1)5-3-10-20(18)11-9-14-12-16-7-8-17(13-14)19-16/h14-19H,1-13H2. The summed E-state index contributed by atoms with van der Waals surface area (Å²) in [5.74, 6) is 2.08. The van der Waals surface area contributed by atoms with Crippen LogP contribution < -0.4 is 5.32 Å². The van der Waals surface area contributed by atoms with Crippen molar-refractivity contribution < 1.29 is 0 Å². The first kappa shape index (κ1) is 13.6. The molecule has 0 amide bonds. The maximum Gasteiger partial charge on any atom is 0.0123 e. The zero-order chi connectivity index (χ0) is 13.4. The maximum atomic E-state index is 3.79. The summed E-state index contributed by atoms with van der Waals surface area (Å²) in [6.07, 6.45) is 16.4. The Balaban J connectivity index is 1.30. The van der Waals surface area contributed by atoms with E-state index in [1.165, 1.54) is 83.7 Å². The molecule has 1 N–H and O–H groups in total. The van der Waals surface area contributed by atoms with Crippen molar-refractivity contribution in [3.8, 4) is 0 Å². The second-order valence-corrected chi connectivity index (χ2v) is 8.05. The monoisotopic (exact) mass is 276 g/mol. The van der Waals surface area contributed by atoms with E-state index in [4.69, 9.17) is 0 Å². The molecule has 20 heavy (non-hydrogen) atoms. The van der Waals surface area contributed by atoms with Crippen molar-refractivity contribution in [1.29, 1.82) is 0 Å². The third kappa shape index (κ3) is 2.78. The molecule has 0 spiro atoms. The van der Waals surface area contributed by atoms with E-state index in [2.05, 4.69) is 10.2 Å². The van der Waals surface area contributed by atoms with E-state index in [0.29, 0.717) is 0 Å². The number of piperidine rings is 2. The Labute approximate surface area is 124 Å². The van der Waals surface area contributed by atoms with Gasteiger partial charge in [0.25, 0.3) is 0 Å². The summed E-state index contributed by atoms with van der Waals surface area (Å²) in [6, 6.07) is 2.72. The Morgan fingerprint density at radius 1 is 0.850 bits per heavy atom. The topological polar surface area (TPSA) is 15.3 Å². The van der Waals surface area contributed by atoms with Crippen molar-refractivity contribution in [2.75, 3.05) is 13.1 Å². The summed E-state index contributed by atoms with van der Waals surface area (Å²) in [5, 5.41) is 3.79. The SMILES string of the molecule is C1CCC2C(C1)CCCN2CCC1CC2CCC(C1)N2. The van der Waals surface area contributed by atoms with E-state index >= 15 is 0 Å². The van der Waals surface area contributed by atoms with Crippen molar-refractivity contribution in [3.63, 3.8) is 0 Å². The molecule has 4 unspecified atom stereocenters. The van der Waals surface area contributed by atoms with Crippen LogP contribution in [0.3, 0.4) is 0 Å². The van der Waals surface area contributed by atoms with Gasteiger partial charge in [0, 0.05) is 18.1 Å². The lowest BCUT2D eigenvalue weighted by Crippen LogP contribution is -2.47. The Kier molecular flexibility index (Phi) is 4.05. The van der Waals surface area contributed by atoms with Crippen LogP contribution >= 0.6 is 0 Å². The molecule has 0 radical (unpaired) electrons. The van der Waals surface area contributed by atoms with Crippen LogP contribution in [-0.2, 0) is 0 Å². The predicted octanol–water partition coefficient (Wildman–Crippen LogP) is 3.56. The van der Waals surface area contributed by atoms with Gasteiger partial charge in [0.1, 0.15) is 0 Å². The average molecular weight is 276 g/mol. The molecule has 114 valence electrons. The number of rotatable bonds is 3. The fourth-order valence-electron chi connectivity index (χ4n) is 5.76. The summed E-state index contributed by atoms with van der Waals surface area (Å²) >= 11 is 0. The van der Waals surface area contributed by atoms with Crippen molar-refractivity contribution in [2.45, 2.75) is 88.8 Å².